The first-order chi connectivity index (χ1) is 17.5. The van der Waals surface area contributed by atoms with Gasteiger partial charge < -0.3 is 20.5 Å². The number of esters is 1. The first-order valence-electron chi connectivity index (χ1n) is 12.6. The number of allylic oxidation sites excluding steroid dienone is 2. The number of hydrogen-bond acceptors (Lipinski definition) is 5. The normalized spacial score (nSPS) is 22.2. The molecular weight excluding hydrogens is 456 g/mol. The summed E-state index contributed by atoms with van der Waals surface area (Å²) in [6.45, 7) is 1.64. The van der Waals surface area contributed by atoms with Gasteiger partial charge in [-0.1, -0.05) is 72.8 Å². The van der Waals surface area contributed by atoms with E-state index in [1.165, 1.54) is 0 Å². The van der Waals surface area contributed by atoms with Crippen LogP contribution in [-0.4, -0.2) is 42.1 Å². The van der Waals surface area contributed by atoms with E-state index in [0.29, 0.717) is 25.7 Å². The summed E-state index contributed by atoms with van der Waals surface area (Å²) in [6.07, 6.45) is 5.49. The fourth-order valence-electron chi connectivity index (χ4n) is 4.23. The molecule has 0 saturated carbocycles. The summed E-state index contributed by atoms with van der Waals surface area (Å²) in [5, 5.41) is 14.8. The summed E-state index contributed by atoms with van der Waals surface area (Å²) in [5.74, 6) is -1.74. The smallest absolute Gasteiger partial charge is 0.309 e. The molecule has 2 aromatic carbocycles. The summed E-state index contributed by atoms with van der Waals surface area (Å²) >= 11 is 0. The number of benzene rings is 2. The third-order valence-electron chi connectivity index (χ3n) is 6.30. The lowest BCUT2D eigenvalue weighted by atomic mass is 9.94. The Bertz CT molecular complexity index is 1010. The number of nitrogens with one attached hydrogen (secondary N) is 2. The van der Waals surface area contributed by atoms with Crippen LogP contribution in [0.3, 0.4) is 0 Å². The Kier molecular flexibility index (Phi) is 10.7. The average molecular weight is 493 g/mol. The van der Waals surface area contributed by atoms with Crippen LogP contribution in [-0.2, 0) is 25.5 Å². The Balaban J connectivity index is 1.80. The molecular formula is C29H36N2O5. The minimum absolute atomic E-state index is 0.00688. The van der Waals surface area contributed by atoms with Gasteiger partial charge >= 0.3 is 5.97 Å². The van der Waals surface area contributed by atoms with E-state index >= 15 is 0 Å². The molecule has 1 aliphatic rings. The summed E-state index contributed by atoms with van der Waals surface area (Å²) in [5.41, 5.74) is 1.86. The number of cyclic esters (lactones) is 1. The van der Waals surface area contributed by atoms with Crippen molar-refractivity contribution in [2.75, 3.05) is 13.2 Å². The molecule has 0 fully saturated rings. The number of rotatable bonds is 7. The van der Waals surface area contributed by atoms with Gasteiger partial charge in [-0.3, -0.25) is 14.4 Å². The highest BCUT2D eigenvalue weighted by Gasteiger charge is 2.27. The summed E-state index contributed by atoms with van der Waals surface area (Å²) in [4.78, 5) is 38.8. The van der Waals surface area contributed by atoms with E-state index in [1.807, 2.05) is 72.8 Å². The average Bonchev–Trinajstić information content (AvgIpc) is 2.90. The van der Waals surface area contributed by atoms with E-state index in [-0.39, 0.29) is 49.3 Å². The predicted molar refractivity (Wildman–Crippen MR) is 138 cm³/mol. The highest BCUT2D eigenvalue weighted by Crippen LogP contribution is 2.24. The Morgan fingerprint density at radius 1 is 1.06 bits per heavy atom. The fourth-order valence-corrected chi connectivity index (χ4v) is 4.23. The van der Waals surface area contributed by atoms with Crippen LogP contribution in [0.4, 0.5) is 0 Å². The molecule has 7 nitrogen and oxygen atoms in total. The predicted octanol–water partition coefficient (Wildman–Crippen LogP) is 3.49. The van der Waals surface area contributed by atoms with Gasteiger partial charge in [0.05, 0.1) is 25.0 Å². The van der Waals surface area contributed by atoms with Crippen molar-refractivity contribution in [3.05, 3.63) is 83.9 Å². The lowest BCUT2D eigenvalue weighted by Gasteiger charge is -2.23. The molecule has 0 saturated heterocycles. The van der Waals surface area contributed by atoms with Crippen LogP contribution in [0.15, 0.2) is 72.8 Å². The van der Waals surface area contributed by atoms with Gasteiger partial charge in [-0.15, -0.1) is 0 Å². The zero-order valence-corrected chi connectivity index (χ0v) is 20.8. The molecule has 0 radical (unpaired) electrons. The summed E-state index contributed by atoms with van der Waals surface area (Å²) in [7, 11) is 0. The van der Waals surface area contributed by atoms with E-state index in [1.54, 1.807) is 6.92 Å². The summed E-state index contributed by atoms with van der Waals surface area (Å²) in [6, 6.07) is 18.9. The number of hydrogen-bond donors (Lipinski definition) is 3. The van der Waals surface area contributed by atoms with Crippen molar-refractivity contribution in [3.63, 3.8) is 0 Å². The van der Waals surface area contributed by atoms with Gasteiger partial charge in [-0.05, 0) is 43.7 Å². The van der Waals surface area contributed by atoms with Crippen molar-refractivity contribution in [3.8, 4) is 0 Å². The summed E-state index contributed by atoms with van der Waals surface area (Å²) < 4.78 is 5.98. The second-order valence-electron chi connectivity index (χ2n) is 9.30. The zero-order valence-electron chi connectivity index (χ0n) is 20.8. The highest BCUT2D eigenvalue weighted by molar-refractivity contribution is 5.86. The van der Waals surface area contributed by atoms with Gasteiger partial charge in [0.1, 0.15) is 6.10 Å². The van der Waals surface area contributed by atoms with Crippen LogP contribution in [0.25, 0.3) is 0 Å². The minimum Gasteiger partial charge on any atom is -0.455 e. The molecule has 7 heteroatoms. The van der Waals surface area contributed by atoms with Gasteiger partial charge in [-0.2, -0.15) is 0 Å². The number of carbonyl (C=O) groups excluding carboxylic acids is 3. The molecule has 0 aromatic heterocycles. The van der Waals surface area contributed by atoms with E-state index < -0.39 is 12.0 Å². The van der Waals surface area contributed by atoms with Gasteiger partial charge in [0, 0.05) is 12.5 Å². The molecule has 36 heavy (non-hydrogen) atoms. The Hall–Kier alpha value is -3.45. The molecule has 3 N–H and O–H groups in total. The van der Waals surface area contributed by atoms with Gasteiger partial charge in [-0.25, -0.2) is 0 Å². The van der Waals surface area contributed by atoms with E-state index in [4.69, 9.17) is 4.74 Å². The van der Waals surface area contributed by atoms with Crippen molar-refractivity contribution in [2.45, 2.75) is 51.2 Å². The molecule has 0 aliphatic carbocycles. The van der Waals surface area contributed by atoms with Crippen LogP contribution >= 0.6 is 0 Å². The van der Waals surface area contributed by atoms with Crippen molar-refractivity contribution >= 4 is 17.8 Å². The fraction of sp³-hybridized carbons (Fsp3) is 0.414. The van der Waals surface area contributed by atoms with E-state index in [2.05, 4.69) is 10.6 Å². The first kappa shape index (κ1) is 27.1. The highest BCUT2D eigenvalue weighted by atomic mass is 16.5. The SMILES string of the molecule is C[C@H](CO)NC(=O)C[C@H]1CC=CCC[C@H](Cc2ccccc2)C(=O)O[C@@H](c2ccccc2)CNC1=O. The van der Waals surface area contributed by atoms with E-state index in [0.717, 1.165) is 11.1 Å². The number of carbonyl (C=O) groups is 3. The van der Waals surface area contributed by atoms with E-state index in [9.17, 15) is 19.5 Å². The topological polar surface area (TPSA) is 105 Å². The monoisotopic (exact) mass is 492 g/mol. The minimum atomic E-state index is -0.640. The van der Waals surface area contributed by atoms with Crippen LogP contribution in [0, 0.1) is 11.8 Å². The molecule has 192 valence electrons. The number of aliphatic hydroxyl groups is 1. The van der Waals surface area contributed by atoms with Crippen LogP contribution in [0.1, 0.15) is 49.8 Å². The van der Waals surface area contributed by atoms with Crippen LogP contribution in [0.2, 0.25) is 0 Å². The second-order valence-corrected chi connectivity index (χ2v) is 9.30. The van der Waals surface area contributed by atoms with Gasteiger partial charge in [0.25, 0.3) is 0 Å². The molecule has 0 bridgehead atoms. The molecule has 0 unspecified atom stereocenters. The van der Waals surface area contributed by atoms with Crippen molar-refractivity contribution < 1.29 is 24.2 Å². The van der Waals surface area contributed by atoms with Crippen LogP contribution in [0.5, 0.6) is 0 Å². The molecule has 1 heterocycles. The third-order valence-corrected chi connectivity index (χ3v) is 6.30. The second kappa shape index (κ2) is 14.2. The quantitative estimate of drug-likeness (QED) is 0.405. The number of aliphatic hydroxyl groups excluding tert-OH is 1. The molecule has 2 aromatic rings. The van der Waals surface area contributed by atoms with Crippen LogP contribution < -0.4 is 10.6 Å². The van der Waals surface area contributed by atoms with Crippen molar-refractivity contribution in [2.24, 2.45) is 11.8 Å². The standard InChI is InChI=1S/C29H36N2O5/c1-21(20-32)31-27(33)18-24-15-9-4-10-16-25(17-22-11-5-2-6-12-22)29(35)36-26(19-30-28(24)34)23-13-7-3-8-14-23/h2-9,11-14,21,24-26,32H,10,15-20H2,1H3,(H,30,34)(H,31,33)/t21-,24-,25-,26-/m1/s1. The van der Waals surface area contributed by atoms with Crippen molar-refractivity contribution in [1.82, 2.24) is 10.6 Å². The largest absolute Gasteiger partial charge is 0.455 e. The molecule has 0 spiro atoms. The van der Waals surface area contributed by atoms with Gasteiger partial charge in [0.2, 0.25) is 11.8 Å². The maximum absolute atomic E-state index is 13.3. The zero-order chi connectivity index (χ0) is 25.8. The molecule has 4 atom stereocenters. The van der Waals surface area contributed by atoms with Gasteiger partial charge in [0.15, 0.2) is 0 Å². The maximum atomic E-state index is 13.3. The van der Waals surface area contributed by atoms with Crippen molar-refractivity contribution in [1.29, 1.82) is 0 Å². The number of amides is 2. The lowest BCUT2D eigenvalue weighted by Crippen LogP contribution is -2.40. The maximum Gasteiger partial charge on any atom is 0.309 e. The first-order valence-corrected chi connectivity index (χ1v) is 12.6. The lowest BCUT2D eigenvalue weighted by molar-refractivity contribution is -0.155. The number of ether oxygens (including phenoxy) is 1. The third kappa shape index (κ3) is 8.64. The Morgan fingerprint density at radius 3 is 2.44 bits per heavy atom. The molecule has 1 aliphatic heterocycles. The molecule has 3 rings (SSSR count). The Labute approximate surface area is 212 Å². The Morgan fingerprint density at radius 2 is 1.75 bits per heavy atom. The molecule has 2 amide bonds.